The smallest absolute Gasteiger partial charge is 0.278 e. The lowest BCUT2D eigenvalue weighted by Crippen LogP contribution is -2.38. The molecule has 3 heterocycles. The summed E-state index contributed by atoms with van der Waals surface area (Å²) >= 11 is 1.40. The average Bonchev–Trinajstić information content (AvgIpc) is 3.25. The molecule has 1 N–H and O–H groups in total. The number of hydrogen-bond acceptors (Lipinski definition) is 6. The largest absolute Gasteiger partial charge is 0.464 e. The minimum absolute atomic E-state index is 0.00610. The summed E-state index contributed by atoms with van der Waals surface area (Å²) in [4.78, 5) is 25.0. The first-order valence-electron chi connectivity index (χ1n) is 12.8. The second-order valence-corrected chi connectivity index (χ2v) is 11.0. The van der Waals surface area contributed by atoms with Gasteiger partial charge in [-0.1, -0.05) is 24.7 Å². The molecule has 0 saturated heterocycles. The van der Waals surface area contributed by atoms with Crippen molar-refractivity contribution >= 4 is 17.2 Å². The molecule has 2 aliphatic rings. The monoisotopic (exact) mass is 506 g/mol. The molecule has 0 aromatic carbocycles. The standard InChI is InChI=1S/C26H36F2N4O2S/c1-3-4-21-15-19(9-12-29-21)24(33)30-20-7-5-18(6-8-20)10-13-32-14-11-23-22(16-32)31-25(35-23)34-17-26(2,27)28/h9,12,15,18,20H,3-8,10-11,13-14,16-17H2,1-2H3,(H,30,33)/t18-,20-. The molecule has 1 fully saturated rings. The van der Waals surface area contributed by atoms with Crippen LogP contribution in [0.25, 0.3) is 0 Å². The third kappa shape index (κ3) is 7.67. The maximum atomic E-state index is 13.1. The van der Waals surface area contributed by atoms with Crippen LogP contribution in [0.2, 0.25) is 0 Å². The molecule has 1 amide bonds. The van der Waals surface area contributed by atoms with E-state index < -0.39 is 12.5 Å². The van der Waals surface area contributed by atoms with Gasteiger partial charge in [-0.3, -0.25) is 14.7 Å². The summed E-state index contributed by atoms with van der Waals surface area (Å²) in [7, 11) is 0. The van der Waals surface area contributed by atoms with Crippen LogP contribution in [0.1, 0.15) is 79.0 Å². The van der Waals surface area contributed by atoms with Crippen LogP contribution >= 0.6 is 11.3 Å². The van der Waals surface area contributed by atoms with Gasteiger partial charge in [0.1, 0.15) is 0 Å². The first-order chi connectivity index (χ1) is 16.8. The predicted octanol–water partition coefficient (Wildman–Crippen LogP) is 5.26. The Morgan fingerprint density at radius 3 is 2.86 bits per heavy atom. The van der Waals surface area contributed by atoms with E-state index in [-0.39, 0.29) is 11.9 Å². The predicted molar refractivity (Wildman–Crippen MR) is 133 cm³/mol. The Morgan fingerprint density at radius 2 is 2.11 bits per heavy atom. The Hall–Kier alpha value is -2.13. The van der Waals surface area contributed by atoms with Gasteiger partial charge in [0.2, 0.25) is 0 Å². The van der Waals surface area contributed by atoms with Gasteiger partial charge < -0.3 is 10.1 Å². The lowest BCUT2D eigenvalue weighted by molar-refractivity contribution is -0.0230. The lowest BCUT2D eigenvalue weighted by atomic mass is 9.84. The molecular formula is C26H36F2N4O2S. The molecule has 1 aliphatic carbocycles. The van der Waals surface area contributed by atoms with Crippen molar-refractivity contribution in [2.75, 3.05) is 19.7 Å². The maximum Gasteiger partial charge on any atom is 0.278 e. The SMILES string of the molecule is CCCc1cc(C(=O)N[C@H]2CC[C@H](CCN3CCc4sc(OCC(C)(F)F)nc4C3)CC2)ccn1. The highest BCUT2D eigenvalue weighted by Crippen LogP contribution is 2.32. The number of halogens is 2. The minimum Gasteiger partial charge on any atom is -0.464 e. The van der Waals surface area contributed by atoms with E-state index in [1.54, 1.807) is 12.3 Å². The van der Waals surface area contributed by atoms with Crippen molar-refractivity contribution in [2.24, 2.45) is 5.92 Å². The van der Waals surface area contributed by atoms with E-state index in [0.29, 0.717) is 16.7 Å². The average molecular weight is 507 g/mol. The van der Waals surface area contributed by atoms with E-state index >= 15 is 0 Å². The van der Waals surface area contributed by atoms with E-state index in [9.17, 15) is 13.6 Å². The van der Waals surface area contributed by atoms with Gasteiger partial charge in [0, 0.05) is 48.4 Å². The summed E-state index contributed by atoms with van der Waals surface area (Å²) in [6.45, 7) is 5.08. The fraction of sp³-hybridized carbons (Fsp3) is 0.654. The van der Waals surface area contributed by atoms with Gasteiger partial charge in [-0.15, -0.1) is 0 Å². The summed E-state index contributed by atoms with van der Waals surface area (Å²) in [6.07, 6.45) is 9.94. The van der Waals surface area contributed by atoms with Gasteiger partial charge in [0.25, 0.3) is 17.0 Å². The Labute approximate surface area is 210 Å². The van der Waals surface area contributed by atoms with Crippen LogP contribution in [-0.4, -0.2) is 52.4 Å². The third-order valence-corrected chi connectivity index (χ3v) is 7.93. The molecule has 6 nitrogen and oxygen atoms in total. The fourth-order valence-electron chi connectivity index (χ4n) is 4.91. The first-order valence-corrected chi connectivity index (χ1v) is 13.6. The number of nitrogens with zero attached hydrogens (tertiary/aromatic N) is 3. The molecule has 0 bridgehead atoms. The molecule has 1 saturated carbocycles. The van der Waals surface area contributed by atoms with Crippen LogP contribution in [0.4, 0.5) is 8.78 Å². The molecule has 0 radical (unpaired) electrons. The molecule has 0 spiro atoms. The van der Waals surface area contributed by atoms with Crippen LogP contribution in [0.15, 0.2) is 18.3 Å². The quantitative estimate of drug-likeness (QED) is 0.476. The molecule has 4 rings (SSSR count). The zero-order chi connectivity index (χ0) is 24.8. The van der Waals surface area contributed by atoms with E-state index in [1.165, 1.54) is 11.3 Å². The summed E-state index contributed by atoms with van der Waals surface area (Å²) < 4.78 is 31.3. The van der Waals surface area contributed by atoms with Gasteiger partial charge in [0.15, 0.2) is 6.61 Å². The van der Waals surface area contributed by atoms with Crippen LogP contribution in [-0.2, 0) is 19.4 Å². The number of aromatic nitrogens is 2. The van der Waals surface area contributed by atoms with Crippen molar-refractivity contribution < 1.29 is 18.3 Å². The zero-order valence-electron chi connectivity index (χ0n) is 20.7. The van der Waals surface area contributed by atoms with Crippen LogP contribution < -0.4 is 10.1 Å². The van der Waals surface area contributed by atoms with Crippen molar-refractivity contribution in [1.82, 2.24) is 20.2 Å². The van der Waals surface area contributed by atoms with Gasteiger partial charge in [0.05, 0.1) is 5.69 Å². The minimum atomic E-state index is -2.85. The number of pyridine rings is 1. The highest BCUT2D eigenvalue weighted by molar-refractivity contribution is 7.13. The Balaban J connectivity index is 1.17. The van der Waals surface area contributed by atoms with E-state index in [1.807, 2.05) is 6.07 Å². The number of thiazole rings is 1. The van der Waals surface area contributed by atoms with Crippen molar-refractivity contribution in [1.29, 1.82) is 0 Å². The number of alkyl halides is 2. The van der Waals surface area contributed by atoms with Crippen molar-refractivity contribution in [3.05, 3.63) is 40.2 Å². The molecule has 9 heteroatoms. The Morgan fingerprint density at radius 1 is 1.31 bits per heavy atom. The third-order valence-electron chi connectivity index (χ3n) is 6.86. The van der Waals surface area contributed by atoms with Crippen LogP contribution in [0.5, 0.6) is 5.19 Å². The lowest BCUT2D eigenvalue weighted by Gasteiger charge is -2.32. The highest BCUT2D eigenvalue weighted by atomic mass is 32.1. The van der Waals surface area contributed by atoms with Crippen molar-refractivity contribution in [3.63, 3.8) is 0 Å². The van der Waals surface area contributed by atoms with Gasteiger partial charge in [-0.25, -0.2) is 13.8 Å². The number of rotatable bonds is 10. The Kier molecular flexibility index (Phi) is 8.70. The highest BCUT2D eigenvalue weighted by Gasteiger charge is 2.27. The Bertz CT molecular complexity index is 986. The fourth-order valence-corrected chi connectivity index (χ4v) is 5.82. The summed E-state index contributed by atoms with van der Waals surface area (Å²) in [5.74, 6) is -2.17. The summed E-state index contributed by atoms with van der Waals surface area (Å²) in [6, 6.07) is 3.94. The molecule has 192 valence electrons. The number of fused-ring (bicyclic) bond motifs is 1. The number of aryl methyl sites for hydroxylation is 1. The van der Waals surface area contributed by atoms with Gasteiger partial charge in [-0.05, 0) is 69.5 Å². The second-order valence-electron chi connectivity index (χ2n) is 10.0. The van der Waals surface area contributed by atoms with Gasteiger partial charge >= 0.3 is 0 Å². The van der Waals surface area contributed by atoms with E-state index in [2.05, 4.69) is 27.1 Å². The van der Waals surface area contributed by atoms with Crippen molar-refractivity contribution in [3.8, 4) is 5.19 Å². The maximum absolute atomic E-state index is 13.1. The molecule has 0 unspecified atom stereocenters. The normalized spacial score (nSPS) is 20.9. The van der Waals surface area contributed by atoms with E-state index in [4.69, 9.17) is 4.74 Å². The summed E-state index contributed by atoms with van der Waals surface area (Å²) in [5.41, 5.74) is 2.65. The molecule has 2 aromatic rings. The van der Waals surface area contributed by atoms with Gasteiger partial charge in [-0.2, -0.15) is 0 Å². The topological polar surface area (TPSA) is 67.4 Å². The molecular weight excluding hydrogens is 470 g/mol. The summed E-state index contributed by atoms with van der Waals surface area (Å²) in [5, 5.41) is 3.57. The number of hydrogen-bond donors (Lipinski definition) is 1. The number of ether oxygens (including phenoxy) is 1. The van der Waals surface area contributed by atoms with Crippen LogP contribution in [0.3, 0.4) is 0 Å². The number of nitrogens with one attached hydrogen (secondary N) is 1. The molecule has 1 aliphatic heterocycles. The number of carbonyl (C=O) groups is 1. The molecule has 0 atom stereocenters. The molecule has 35 heavy (non-hydrogen) atoms. The second kappa shape index (κ2) is 11.7. The van der Waals surface area contributed by atoms with E-state index in [0.717, 1.165) is 94.2 Å². The van der Waals surface area contributed by atoms with Crippen molar-refractivity contribution in [2.45, 2.75) is 83.7 Å². The first kappa shape index (κ1) is 25.9. The zero-order valence-corrected chi connectivity index (χ0v) is 21.5. The number of carbonyl (C=O) groups excluding carboxylic acids is 1. The van der Waals surface area contributed by atoms with Crippen LogP contribution in [0, 0.1) is 5.92 Å². The number of amides is 1. The molecule has 2 aromatic heterocycles.